The van der Waals surface area contributed by atoms with E-state index in [-0.39, 0.29) is 43.7 Å². The molecule has 37 heteroatoms. The van der Waals surface area contributed by atoms with E-state index >= 15 is 8.78 Å². The van der Waals surface area contributed by atoms with Crippen LogP contribution in [0.3, 0.4) is 0 Å². The number of halogens is 11. The van der Waals surface area contributed by atoms with E-state index in [1.165, 1.54) is 33.8 Å². The summed E-state index contributed by atoms with van der Waals surface area (Å²) in [7, 11) is -14.7. The third-order valence-corrected chi connectivity index (χ3v) is 18.9. The van der Waals surface area contributed by atoms with Crippen molar-refractivity contribution >= 4 is 79.8 Å². The Bertz CT molecular complexity index is 4410. The van der Waals surface area contributed by atoms with Crippen LogP contribution >= 0.6 is 19.4 Å². The molecule has 3 aromatic carbocycles. The van der Waals surface area contributed by atoms with Crippen LogP contribution in [-0.2, 0) is 97.6 Å². The van der Waals surface area contributed by atoms with Crippen LogP contribution in [0.15, 0.2) is 60.7 Å². The Kier molecular flexibility index (Phi) is 19.2. The summed E-state index contributed by atoms with van der Waals surface area (Å²) in [6.45, 7) is 1.42. The molecule has 1 fully saturated rings. The predicted octanol–water partition coefficient (Wildman–Crippen LogP) is 7.66. The van der Waals surface area contributed by atoms with Crippen molar-refractivity contribution in [1.29, 1.82) is 0 Å². The molecule has 0 bridgehead atoms. The minimum atomic E-state index is -5.48. The number of rotatable bonds is 23. The first-order chi connectivity index (χ1) is 42.6. The van der Waals surface area contributed by atoms with Gasteiger partial charge in [0.05, 0.1) is 40.8 Å². The maximum absolute atomic E-state index is 15.7. The Morgan fingerprint density at radius 2 is 1.52 bits per heavy atom. The van der Waals surface area contributed by atoms with Crippen LogP contribution < -0.4 is 19.9 Å². The fourth-order valence-electron chi connectivity index (χ4n) is 10.9. The lowest BCUT2D eigenvalue weighted by molar-refractivity contribution is -0.147. The zero-order chi connectivity index (χ0) is 69.3. The van der Waals surface area contributed by atoms with Crippen LogP contribution in [-0.4, -0.2) is 114 Å². The zero-order valence-electron chi connectivity index (χ0n) is 48.7. The lowest BCUT2D eigenvalue weighted by atomic mass is 9.77. The number of aliphatic carboxylic acids is 2. The lowest BCUT2D eigenvalue weighted by Crippen LogP contribution is -2.43. The minimum absolute atomic E-state index is 0.151. The molecule has 0 radical (unpaired) electrons. The number of carbonyl (C=O) groups is 5. The number of hydrogen-bond donors (Lipinski definition) is 7. The number of pyridine rings is 1. The number of nitrogens with zero attached hydrogens (tertiary/aromatic N) is 5. The molecule has 2 aliphatic rings. The Labute approximate surface area is 525 Å². The highest BCUT2D eigenvalue weighted by Gasteiger charge is 2.68. The third-order valence-electron chi connectivity index (χ3n) is 15.0. The van der Waals surface area contributed by atoms with Gasteiger partial charge in [0.25, 0.3) is 5.92 Å². The fraction of sp³-hybridized carbons (Fsp3) is 0.393. The highest BCUT2D eigenvalue weighted by atomic mass is 35.5. The Hall–Kier alpha value is -8.16. The molecule has 0 saturated heterocycles. The second-order valence-electron chi connectivity index (χ2n) is 23.1. The number of fused-ring (bicyclic) bond motifs is 4. The molecule has 3 aromatic heterocycles. The summed E-state index contributed by atoms with van der Waals surface area (Å²) in [6, 6.07) is 5.72. The number of aromatic nitrogens is 5. The van der Waals surface area contributed by atoms with E-state index in [0.717, 1.165) is 54.8 Å². The number of amides is 3. The summed E-state index contributed by atoms with van der Waals surface area (Å²) in [4.78, 5) is 88.5. The topological polar surface area (TPSA) is 345 Å². The average molecular weight is 1400 g/mol. The van der Waals surface area contributed by atoms with Crippen LogP contribution in [0.4, 0.5) is 43.9 Å². The van der Waals surface area contributed by atoms with Crippen LogP contribution in [0.5, 0.6) is 5.75 Å². The molecule has 7 N–H and O–H groups in total. The number of sulfone groups is 1. The van der Waals surface area contributed by atoms with E-state index in [0.29, 0.717) is 6.07 Å². The number of carboxylic acids is 2. The van der Waals surface area contributed by atoms with E-state index in [1.54, 1.807) is 4.72 Å². The number of phosphoric ester groups is 1. The average Bonchev–Trinajstić information content (AvgIpc) is 1.52. The van der Waals surface area contributed by atoms with Gasteiger partial charge in [-0.3, -0.25) is 43.1 Å². The molecule has 8 rings (SSSR count). The molecule has 0 spiro atoms. The maximum atomic E-state index is 15.7. The van der Waals surface area contributed by atoms with Gasteiger partial charge in [0.1, 0.15) is 58.4 Å². The molecule has 0 aliphatic heterocycles. The van der Waals surface area contributed by atoms with Crippen molar-refractivity contribution in [2.75, 3.05) is 6.26 Å². The van der Waals surface area contributed by atoms with Gasteiger partial charge in [-0.1, -0.05) is 49.6 Å². The Morgan fingerprint density at radius 3 is 2.11 bits per heavy atom. The van der Waals surface area contributed by atoms with Crippen molar-refractivity contribution in [3.8, 4) is 28.7 Å². The highest BCUT2D eigenvalue weighted by molar-refractivity contribution is 7.92. The molecule has 1 saturated carbocycles. The number of phosphoric acid groups is 1. The fourth-order valence-corrected chi connectivity index (χ4v) is 12.8. The van der Waals surface area contributed by atoms with Gasteiger partial charge in [0.2, 0.25) is 27.7 Å². The quantitative estimate of drug-likeness (QED) is 0.0184. The first-order valence-electron chi connectivity index (χ1n) is 27.1. The van der Waals surface area contributed by atoms with Gasteiger partial charge in [-0.05, 0) is 86.1 Å². The molecule has 2 aliphatic carbocycles. The molecular formula is C56H52ClF10N8O15PS2. The monoisotopic (exact) mass is 1400 g/mol. The van der Waals surface area contributed by atoms with E-state index in [9.17, 15) is 95.4 Å². The van der Waals surface area contributed by atoms with Crippen molar-refractivity contribution in [2.24, 2.45) is 5.92 Å². The molecule has 6 aromatic rings. The number of carbonyl (C=O) groups excluding carboxylic acids is 3. The number of alkyl halides is 8. The summed E-state index contributed by atoms with van der Waals surface area (Å²) in [5.41, 5.74) is -9.54. The van der Waals surface area contributed by atoms with Crippen molar-refractivity contribution in [1.82, 2.24) is 39.9 Å². The number of sulfonamides is 1. The van der Waals surface area contributed by atoms with Crippen molar-refractivity contribution in [2.45, 2.75) is 125 Å². The SMILES string of the molecule is CC(C)(CC(=O)NS(=O)(=O)Cc1nn(CC(F)(F)F)c2c(-c3ccc(C#CC(C)(C)S(C)(=O)=O)nc3[C@H](Cc3cc(F)cc(F)c3)NC(=O)Cn3nc(C(F)(F)F)c4c3C(F)(F)[C@@H]3C[C@H]43)ccc(Cl)c12)c1c(CC(=O)N[C@@H](CC(=O)O)C(=O)O)cccc1OP(=O)(O)O. The molecule has 500 valence electrons. The smallest absolute Gasteiger partial charge is 0.481 e. The lowest BCUT2D eigenvalue weighted by Gasteiger charge is -2.29. The molecule has 4 atom stereocenters. The summed E-state index contributed by atoms with van der Waals surface area (Å²) < 4.78 is 220. The zero-order valence-corrected chi connectivity index (χ0v) is 52.0. The van der Waals surface area contributed by atoms with Gasteiger partial charge in [-0.15, -0.1) is 0 Å². The normalized spacial score (nSPS) is 16.3. The van der Waals surface area contributed by atoms with Gasteiger partial charge >= 0.3 is 32.1 Å². The Morgan fingerprint density at radius 1 is 0.871 bits per heavy atom. The number of benzene rings is 3. The number of nitrogens with one attached hydrogen (secondary N) is 3. The van der Waals surface area contributed by atoms with Crippen LogP contribution in [0.25, 0.3) is 22.0 Å². The van der Waals surface area contributed by atoms with Gasteiger partial charge in [0.15, 0.2) is 15.5 Å². The number of hydrogen-bond acceptors (Lipinski definition) is 14. The van der Waals surface area contributed by atoms with Gasteiger partial charge in [-0.2, -0.15) is 45.3 Å². The number of carboxylic acid groups (broad SMARTS) is 2. The van der Waals surface area contributed by atoms with Crippen LogP contribution in [0, 0.1) is 29.4 Å². The molecule has 93 heavy (non-hydrogen) atoms. The highest BCUT2D eigenvalue weighted by Crippen LogP contribution is 2.68. The van der Waals surface area contributed by atoms with E-state index in [4.69, 9.17) is 21.2 Å². The van der Waals surface area contributed by atoms with Crippen LogP contribution in [0.1, 0.15) is 110 Å². The molecule has 3 heterocycles. The van der Waals surface area contributed by atoms with Gasteiger partial charge in [-0.25, -0.2) is 40.0 Å². The maximum Gasteiger partial charge on any atom is 0.524 e. The summed E-state index contributed by atoms with van der Waals surface area (Å²) in [5.74, 6) is -13.5. The molecule has 3 amide bonds. The van der Waals surface area contributed by atoms with Gasteiger partial charge in [0, 0.05) is 57.7 Å². The molecule has 0 unspecified atom stereocenters. The summed E-state index contributed by atoms with van der Waals surface area (Å²) in [5, 5.41) is 29.3. The summed E-state index contributed by atoms with van der Waals surface area (Å²) >= 11 is 6.69. The molecular weight excluding hydrogens is 1350 g/mol. The first-order valence-corrected chi connectivity index (χ1v) is 32.5. The largest absolute Gasteiger partial charge is 0.524 e. The Balaban J connectivity index is 1.22. The summed E-state index contributed by atoms with van der Waals surface area (Å²) in [6.07, 6.45) is -13.7. The van der Waals surface area contributed by atoms with E-state index < -0.39 is 221 Å². The second-order valence-corrected chi connectivity index (χ2v) is 28.9. The van der Waals surface area contributed by atoms with Crippen molar-refractivity contribution in [3.05, 3.63) is 128 Å². The van der Waals surface area contributed by atoms with Crippen molar-refractivity contribution in [3.63, 3.8) is 0 Å². The van der Waals surface area contributed by atoms with Crippen LogP contribution in [0.2, 0.25) is 5.02 Å². The van der Waals surface area contributed by atoms with E-state index in [1.807, 2.05) is 5.32 Å². The van der Waals surface area contributed by atoms with Crippen molar-refractivity contribution < 1.29 is 114 Å². The van der Waals surface area contributed by atoms with E-state index in [2.05, 4.69) is 32.3 Å². The second kappa shape index (κ2) is 25.3. The third kappa shape index (κ3) is 16.3. The minimum Gasteiger partial charge on any atom is -0.481 e. The first kappa shape index (κ1) is 70.7. The predicted molar refractivity (Wildman–Crippen MR) is 306 cm³/mol. The molecule has 23 nitrogen and oxygen atoms in total. The standard InChI is InChI=1S/C56H52ClF10N8O15PS2/c1-52(2,46-27(7-6-8-39(46)90-91(83,84)85)18-40(76)70-37(51(81)82)21-43(79)80)22-41(77)73-93(88,89)24-38-45-35(57)12-11-32(48(45)75(71-38)25-54(60,61)62)31-10-9-30(13-14-53(3,4)92(5,86)87)68-47(31)36(17-26-15-28(58)19-29(59)16-26)69-42(78)23-74-50-44(49(72-74)56(65,66)67)33-20-34(33)55(50,63)64/h6-12,15-16,19,33-34,36-37H,17-18,20-25H2,1-5H3,(H,69,78)(H,70,76)(H,73,77)(H,79,80)(H,81,82)(H2,83,84,85)/t33-,34+,36-,37-/m0/s1. The van der Waals surface area contributed by atoms with Gasteiger partial charge < -0.3 is 25.4 Å².